The number of fused-ring (bicyclic) bond motifs is 1. The van der Waals surface area contributed by atoms with Gasteiger partial charge in [-0.15, -0.1) is 0 Å². The highest BCUT2D eigenvalue weighted by Crippen LogP contribution is 2.35. The lowest BCUT2D eigenvalue weighted by Crippen LogP contribution is -3.12. The van der Waals surface area contributed by atoms with E-state index in [-0.39, 0.29) is 34.7 Å². The van der Waals surface area contributed by atoms with Crippen molar-refractivity contribution in [3.05, 3.63) is 64.7 Å². The Morgan fingerprint density at radius 1 is 1.12 bits per heavy atom. The molecule has 2 unspecified atom stereocenters. The molecule has 10 heteroatoms. The highest BCUT2D eigenvalue weighted by molar-refractivity contribution is 8.15. The third-order valence-corrected chi connectivity index (χ3v) is 10.1. The van der Waals surface area contributed by atoms with Crippen molar-refractivity contribution in [1.29, 1.82) is 0 Å². The van der Waals surface area contributed by atoms with E-state index in [1.54, 1.807) is 23.1 Å². The van der Waals surface area contributed by atoms with Gasteiger partial charge in [-0.25, -0.2) is 8.42 Å². The van der Waals surface area contributed by atoms with Gasteiger partial charge in [-0.1, -0.05) is 53.7 Å². The van der Waals surface area contributed by atoms with Gasteiger partial charge < -0.3 is 15.5 Å². The molecule has 3 aliphatic heterocycles. The van der Waals surface area contributed by atoms with Crippen molar-refractivity contribution in [1.82, 2.24) is 5.32 Å². The van der Waals surface area contributed by atoms with E-state index in [4.69, 9.17) is 11.6 Å². The molecule has 0 bridgehead atoms. The van der Waals surface area contributed by atoms with E-state index in [0.29, 0.717) is 21.4 Å². The topological polar surface area (TPSA) is 92.1 Å². The van der Waals surface area contributed by atoms with Crippen molar-refractivity contribution in [2.45, 2.75) is 36.7 Å². The smallest absolute Gasteiger partial charge is 0.251 e. The number of piperidine rings is 1. The fraction of sp³-hybridized carbons (Fsp3) is 0.417. The molecule has 5 rings (SSSR count). The van der Waals surface area contributed by atoms with Crippen molar-refractivity contribution in [3.8, 4) is 0 Å². The molecular formula is C24H28ClN4O3S2+. The van der Waals surface area contributed by atoms with Gasteiger partial charge in [0.25, 0.3) is 5.91 Å². The summed E-state index contributed by atoms with van der Waals surface area (Å²) in [6, 6.07) is 15.6. The summed E-state index contributed by atoms with van der Waals surface area (Å²) < 4.78 is 23.6. The quantitative estimate of drug-likeness (QED) is 0.562. The van der Waals surface area contributed by atoms with Crippen LogP contribution in [0, 0.1) is 0 Å². The number of aliphatic imine (C=N–C) groups is 1. The Labute approximate surface area is 209 Å². The average molecular weight is 520 g/mol. The Kier molecular flexibility index (Phi) is 6.88. The first-order valence-corrected chi connectivity index (χ1v) is 14.6. The highest BCUT2D eigenvalue weighted by atomic mass is 35.5. The zero-order valence-corrected chi connectivity index (χ0v) is 21.1. The van der Waals surface area contributed by atoms with E-state index < -0.39 is 9.84 Å². The molecule has 3 N–H and O–H groups in total. The predicted octanol–water partition coefficient (Wildman–Crippen LogP) is 2.00. The Balaban J connectivity index is 1.16. The van der Waals surface area contributed by atoms with Crippen LogP contribution in [0.2, 0.25) is 5.02 Å². The van der Waals surface area contributed by atoms with Crippen molar-refractivity contribution < 1.29 is 18.1 Å². The molecule has 0 radical (unpaired) electrons. The number of halogens is 1. The first kappa shape index (κ1) is 23.7. The van der Waals surface area contributed by atoms with Crippen LogP contribution in [0.5, 0.6) is 0 Å². The van der Waals surface area contributed by atoms with E-state index in [1.807, 2.05) is 6.07 Å². The normalized spacial score (nSPS) is 27.6. The van der Waals surface area contributed by atoms with Gasteiger partial charge in [0.1, 0.15) is 6.54 Å². The third kappa shape index (κ3) is 5.59. The van der Waals surface area contributed by atoms with Crippen LogP contribution in [0.4, 0.5) is 5.69 Å². The molecule has 0 saturated carbocycles. The molecule has 180 valence electrons. The predicted molar refractivity (Wildman–Crippen MR) is 138 cm³/mol. The van der Waals surface area contributed by atoms with Crippen LogP contribution in [0.1, 0.15) is 28.8 Å². The van der Waals surface area contributed by atoms with Crippen LogP contribution in [0.3, 0.4) is 0 Å². The van der Waals surface area contributed by atoms with Gasteiger partial charge in [-0.3, -0.25) is 9.79 Å². The number of rotatable bonds is 5. The number of anilines is 1. The molecule has 3 heterocycles. The van der Waals surface area contributed by atoms with Crippen LogP contribution in [0.25, 0.3) is 0 Å². The standard InChI is InChI=1S/C24H27ClN4O3S2/c25-19-7-6-17(12-20(19)27-24-28-21-14-34(31,32)15-22(21)33-24)23(30)26-18-8-10-29(11-9-18)13-16-4-2-1-3-5-16/h1-7,12,18,21-22H,8-11,13-15H2,(H,26,30)(H,27,28)/p+1. The number of nitrogens with one attached hydrogen (secondary N) is 3. The largest absolute Gasteiger partial charge is 0.349 e. The molecule has 0 aliphatic carbocycles. The molecular weight excluding hydrogens is 492 g/mol. The van der Waals surface area contributed by atoms with Crippen molar-refractivity contribution >= 4 is 50.0 Å². The second kappa shape index (κ2) is 9.89. The number of amides is 1. The van der Waals surface area contributed by atoms with Crippen molar-refractivity contribution in [3.63, 3.8) is 0 Å². The maximum atomic E-state index is 12.9. The molecule has 34 heavy (non-hydrogen) atoms. The zero-order valence-electron chi connectivity index (χ0n) is 18.7. The molecule has 1 amide bonds. The number of carbonyl (C=O) groups is 1. The molecule has 3 aliphatic rings. The highest BCUT2D eigenvalue weighted by Gasteiger charge is 2.42. The molecule has 7 nitrogen and oxygen atoms in total. The van der Waals surface area contributed by atoms with E-state index >= 15 is 0 Å². The third-order valence-electron chi connectivity index (χ3n) is 6.61. The van der Waals surface area contributed by atoms with Crippen molar-refractivity contribution in [2.24, 2.45) is 4.99 Å². The van der Waals surface area contributed by atoms with E-state index in [2.05, 4.69) is 39.9 Å². The van der Waals surface area contributed by atoms with Crippen molar-refractivity contribution in [2.75, 3.05) is 29.9 Å². The number of hydrogen-bond donors (Lipinski definition) is 3. The van der Waals surface area contributed by atoms with Gasteiger partial charge in [-0.05, 0) is 18.2 Å². The van der Waals surface area contributed by atoms with Gasteiger partial charge in [0.05, 0.1) is 41.3 Å². The molecule has 2 fully saturated rings. The van der Waals surface area contributed by atoms with Crippen LogP contribution >= 0.6 is 23.4 Å². The average Bonchev–Trinajstić information content (AvgIpc) is 3.29. The Bertz CT molecular complexity index is 1200. The number of carbonyl (C=O) groups excluding carboxylic acids is 1. The number of sulfone groups is 1. The van der Waals surface area contributed by atoms with E-state index in [0.717, 1.165) is 32.5 Å². The number of amidine groups is 1. The van der Waals surface area contributed by atoms with Gasteiger partial charge in [0.15, 0.2) is 15.0 Å². The number of benzene rings is 2. The first-order chi connectivity index (χ1) is 16.3. The minimum absolute atomic E-state index is 0.0485. The summed E-state index contributed by atoms with van der Waals surface area (Å²) in [5.41, 5.74) is 2.49. The number of quaternary nitrogens is 1. The van der Waals surface area contributed by atoms with E-state index in [9.17, 15) is 13.2 Å². The van der Waals surface area contributed by atoms with E-state index in [1.165, 1.54) is 17.3 Å². The van der Waals surface area contributed by atoms with Crippen LogP contribution in [0.15, 0.2) is 53.5 Å². The summed E-state index contributed by atoms with van der Waals surface area (Å²) in [7, 11) is -3.00. The Hall–Kier alpha value is -2.07. The summed E-state index contributed by atoms with van der Waals surface area (Å²) in [5.74, 6) is 0.136. The summed E-state index contributed by atoms with van der Waals surface area (Å²) in [4.78, 5) is 19.0. The zero-order chi connectivity index (χ0) is 23.7. The minimum atomic E-state index is -3.00. The van der Waals surface area contributed by atoms with Crippen LogP contribution < -0.4 is 15.5 Å². The minimum Gasteiger partial charge on any atom is -0.349 e. The molecule has 2 atom stereocenters. The lowest BCUT2D eigenvalue weighted by molar-refractivity contribution is -0.918. The summed E-state index contributed by atoms with van der Waals surface area (Å²) in [5, 5.41) is 7.46. The maximum Gasteiger partial charge on any atom is 0.251 e. The second-order valence-corrected chi connectivity index (χ2v) is 13.0. The maximum absolute atomic E-state index is 12.9. The van der Waals surface area contributed by atoms with Crippen LogP contribution in [-0.2, 0) is 16.4 Å². The number of hydrogen-bond acceptors (Lipinski definition) is 6. The number of nitrogens with zero attached hydrogens (tertiary/aromatic N) is 1. The monoisotopic (exact) mass is 519 g/mol. The SMILES string of the molecule is O=C(NC1CC[NH+](Cc2ccccc2)CC1)c1ccc(Cl)c(NC2=NC3CS(=O)(=O)CC3S2)c1. The summed E-state index contributed by atoms with van der Waals surface area (Å²) >= 11 is 7.79. The molecule has 2 aromatic rings. The first-order valence-electron chi connectivity index (χ1n) is 11.5. The van der Waals surface area contributed by atoms with Gasteiger partial charge in [-0.2, -0.15) is 0 Å². The second-order valence-electron chi connectivity index (χ2n) is 9.21. The van der Waals surface area contributed by atoms with Gasteiger partial charge in [0, 0.05) is 35.3 Å². The lowest BCUT2D eigenvalue weighted by atomic mass is 10.0. The Morgan fingerprint density at radius 3 is 2.62 bits per heavy atom. The van der Waals surface area contributed by atoms with Crippen LogP contribution in [-0.4, -0.2) is 61.4 Å². The fourth-order valence-corrected chi connectivity index (χ4v) is 8.63. The van der Waals surface area contributed by atoms with Gasteiger partial charge in [0.2, 0.25) is 0 Å². The molecule has 0 aromatic heterocycles. The fourth-order valence-electron chi connectivity index (χ4n) is 4.79. The summed E-state index contributed by atoms with van der Waals surface area (Å²) in [6.45, 7) is 3.08. The lowest BCUT2D eigenvalue weighted by Gasteiger charge is -2.30. The molecule has 0 spiro atoms. The van der Waals surface area contributed by atoms with Gasteiger partial charge >= 0.3 is 0 Å². The Morgan fingerprint density at radius 2 is 1.88 bits per heavy atom. The molecule has 2 aromatic carbocycles. The number of thioether (sulfide) groups is 1. The number of likely N-dealkylation sites (tertiary alicyclic amines) is 1. The molecule has 2 saturated heterocycles. The summed E-state index contributed by atoms with van der Waals surface area (Å²) in [6.07, 6.45) is 1.90.